The van der Waals surface area contributed by atoms with Gasteiger partial charge < -0.3 is 10.2 Å². The Bertz CT molecular complexity index is 681. The molecule has 0 spiro atoms. The van der Waals surface area contributed by atoms with E-state index >= 15 is 0 Å². The van der Waals surface area contributed by atoms with Gasteiger partial charge in [0.25, 0.3) is 11.4 Å². The summed E-state index contributed by atoms with van der Waals surface area (Å²) in [5, 5.41) is 41.3. The minimum absolute atomic E-state index is 0.0497. The molecular formula is C14H12N2O6. The SMILES string of the molecule is O=[N+]([O-])c1cccc(CO)c1-c1c(CO)cccc1[N+](=O)[O-]. The van der Waals surface area contributed by atoms with Crippen LogP contribution in [0.1, 0.15) is 11.1 Å². The molecule has 2 N–H and O–H groups in total. The van der Waals surface area contributed by atoms with Crippen LogP contribution in [-0.2, 0) is 13.2 Å². The second-order valence-corrected chi connectivity index (χ2v) is 4.45. The van der Waals surface area contributed by atoms with E-state index in [0.717, 1.165) is 0 Å². The second kappa shape index (κ2) is 6.29. The van der Waals surface area contributed by atoms with E-state index in [4.69, 9.17) is 0 Å². The first-order valence-electron chi connectivity index (χ1n) is 6.26. The van der Waals surface area contributed by atoms with Gasteiger partial charge in [-0.1, -0.05) is 24.3 Å². The maximum Gasteiger partial charge on any atom is 0.277 e. The Morgan fingerprint density at radius 2 is 1.14 bits per heavy atom. The highest BCUT2D eigenvalue weighted by atomic mass is 16.6. The van der Waals surface area contributed by atoms with E-state index in [-0.39, 0.29) is 33.6 Å². The molecule has 0 amide bonds. The van der Waals surface area contributed by atoms with Crippen LogP contribution in [-0.4, -0.2) is 20.1 Å². The Morgan fingerprint density at radius 1 is 0.773 bits per heavy atom. The first-order chi connectivity index (χ1) is 10.5. The van der Waals surface area contributed by atoms with Gasteiger partial charge in [-0.3, -0.25) is 20.2 Å². The molecule has 8 heteroatoms. The summed E-state index contributed by atoms with van der Waals surface area (Å²) in [6, 6.07) is 8.07. The van der Waals surface area contributed by atoms with Crippen molar-refractivity contribution in [3.8, 4) is 11.1 Å². The number of benzene rings is 2. The quantitative estimate of drug-likeness (QED) is 0.643. The van der Waals surface area contributed by atoms with Gasteiger partial charge in [0.15, 0.2) is 0 Å². The fourth-order valence-electron chi connectivity index (χ4n) is 2.32. The van der Waals surface area contributed by atoms with E-state index in [1.165, 1.54) is 36.4 Å². The van der Waals surface area contributed by atoms with Crippen LogP contribution in [0.5, 0.6) is 0 Å². The monoisotopic (exact) mass is 304 g/mol. The summed E-state index contributed by atoms with van der Waals surface area (Å²) < 4.78 is 0. The van der Waals surface area contributed by atoms with Crippen molar-refractivity contribution in [3.05, 3.63) is 67.8 Å². The molecule has 8 nitrogen and oxygen atoms in total. The third kappa shape index (κ3) is 2.65. The lowest BCUT2D eigenvalue weighted by molar-refractivity contribution is -0.386. The molecule has 2 aromatic carbocycles. The summed E-state index contributed by atoms with van der Waals surface area (Å²) in [6.07, 6.45) is 0. The van der Waals surface area contributed by atoms with Crippen molar-refractivity contribution in [2.75, 3.05) is 0 Å². The van der Waals surface area contributed by atoms with Crippen molar-refractivity contribution >= 4 is 11.4 Å². The van der Waals surface area contributed by atoms with Crippen LogP contribution in [0.15, 0.2) is 36.4 Å². The zero-order valence-corrected chi connectivity index (χ0v) is 11.3. The molecule has 0 heterocycles. The lowest BCUT2D eigenvalue weighted by atomic mass is 9.92. The van der Waals surface area contributed by atoms with Crippen molar-refractivity contribution in [1.82, 2.24) is 0 Å². The van der Waals surface area contributed by atoms with Gasteiger partial charge in [0.1, 0.15) is 0 Å². The number of rotatable bonds is 5. The Labute approximate surface area is 124 Å². The first kappa shape index (κ1) is 15.5. The van der Waals surface area contributed by atoms with Crippen LogP contribution >= 0.6 is 0 Å². The summed E-state index contributed by atoms with van der Waals surface area (Å²) in [5.41, 5.74) is -0.472. The molecule has 0 aliphatic carbocycles. The van der Waals surface area contributed by atoms with E-state index < -0.39 is 23.1 Å². The third-order valence-electron chi connectivity index (χ3n) is 3.24. The van der Waals surface area contributed by atoms with Crippen molar-refractivity contribution in [2.45, 2.75) is 13.2 Å². The van der Waals surface area contributed by atoms with Gasteiger partial charge in [-0.15, -0.1) is 0 Å². The molecule has 2 aromatic rings. The fourth-order valence-corrected chi connectivity index (χ4v) is 2.32. The van der Waals surface area contributed by atoms with Crippen LogP contribution in [0.25, 0.3) is 11.1 Å². The molecule has 0 fully saturated rings. The van der Waals surface area contributed by atoms with E-state index in [1.807, 2.05) is 0 Å². The second-order valence-electron chi connectivity index (χ2n) is 4.45. The van der Waals surface area contributed by atoms with Crippen LogP contribution in [0.4, 0.5) is 11.4 Å². The Morgan fingerprint density at radius 3 is 1.41 bits per heavy atom. The van der Waals surface area contributed by atoms with Gasteiger partial charge in [-0.2, -0.15) is 0 Å². The van der Waals surface area contributed by atoms with Crippen LogP contribution in [0, 0.1) is 20.2 Å². The molecule has 0 bridgehead atoms. The van der Waals surface area contributed by atoms with Crippen LogP contribution in [0.3, 0.4) is 0 Å². The standard InChI is InChI=1S/C14H12N2O6/c17-7-9-3-1-5-11(15(19)20)13(9)14-10(8-18)4-2-6-12(14)16(21)22/h1-6,17-18H,7-8H2. The lowest BCUT2D eigenvalue weighted by Crippen LogP contribution is -2.03. The van der Waals surface area contributed by atoms with Gasteiger partial charge in [-0.25, -0.2) is 0 Å². The van der Waals surface area contributed by atoms with Gasteiger partial charge in [0.2, 0.25) is 0 Å². The minimum atomic E-state index is -0.674. The van der Waals surface area contributed by atoms with Crippen molar-refractivity contribution in [1.29, 1.82) is 0 Å². The molecule has 0 saturated carbocycles. The van der Waals surface area contributed by atoms with Gasteiger partial charge >= 0.3 is 0 Å². The highest BCUT2D eigenvalue weighted by Gasteiger charge is 2.27. The molecule has 2 rings (SSSR count). The number of nitrogens with zero attached hydrogens (tertiary/aromatic N) is 2. The van der Waals surface area contributed by atoms with Crippen molar-refractivity contribution in [3.63, 3.8) is 0 Å². The van der Waals surface area contributed by atoms with Gasteiger partial charge in [-0.05, 0) is 11.1 Å². The number of aliphatic hydroxyl groups is 2. The van der Waals surface area contributed by atoms with E-state index in [1.54, 1.807) is 0 Å². The Hall–Kier alpha value is -2.84. The van der Waals surface area contributed by atoms with Crippen molar-refractivity contribution < 1.29 is 20.1 Å². The highest BCUT2D eigenvalue weighted by molar-refractivity contribution is 5.85. The smallest absolute Gasteiger partial charge is 0.277 e. The Balaban J connectivity index is 2.92. The molecule has 0 unspecified atom stereocenters. The number of nitro groups is 2. The highest BCUT2D eigenvalue weighted by Crippen LogP contribution is 2.40. The zero-order valence-electron chi connectivity index (χ0n) is 11.3. The van der Waals surface area contributed by atoms with E-state index in [9.17, 15) is 30.4 Å². The summed E-state index contributed by atoms with van der Waals surface area (Å²) in [5.74, 6) is 0. The molecule has 0 aliphatic rings. The fraction of sp³-hybridized carbons (Fsp3) is 0.143. The lowest BCUT2D eigenvalue weighted by Gasteiger charge is -2.12. The van der Waals surface area contributed by atoms with Crippen LogP contribution < -0.4 is 0 Å². The average molecular weight is 304 g/mol. The molecule has 0 atom stereocenters. The number of hydrogen-bond acceptors (Lipinski definition) is 6. The Kier molecular flexibility index (Phi) is 4.44. The van der Waals surface area contributed by atoms with Gasteiger partial charge in [0.05, 0.1) is 34.2 Å². The molecule has 0 radical (unpaired) electrons. The summed E-state index contributed by atoms with van der Waals surface area (Å²) in [6.45, 7) is -1.04. The third-order valence-corrected chi connectivity index (χ3v) is 3.24. The number of nitro benzene ring substituents is 2. The average Bonchev–Trinajstić information content (AvgIpc) is 2.52. The largest absolute Gasteiger partial charge is 0.392 e. The zero-order chi connectivity index (χ0) is 16.3. The molecule has 0 saturated heterocycles. The summed E-state index contributed by atoms with van der Waals surface area (Å²) >= 11 is 0. The molecule has 22 heavy (non-hydrogen) atoms. The van der Waals surface area contributed by atoms with Crippen molar-refractivity contribution in [2.24, 2.45) is 0 Å². The molecule has 0 aliphatic heterocycles. The van der Waals surface area contributed by atoms with E-state index in [0.29, 0.717) is 0 Å². The predicted molar refractivity (Wildman–Crippen MR) is 77.0 cm³/mol. The normalized spacial score (nSPS) is 10.5. The predicted octanol–water partition coefficient (Wildman–Crippen LogP) is 2.15. The number of hydrogen-bond donors (Lipinski definition) is 2. The molecular weight excluding hydrogens is 292 g/mol. The van der Waals surface area contributed by atoms with E-state index in [2.05, 4.69) is 0 Å². The molecule has 0 aromatic heterocycles. The first-order valence-corrected chi connectivity index (χ1v) is 6.26. The van der Waals surface area contributed by atoms with Crippen LogP contribution in [0.2, 0.25) is 0 Å². The minimum Gasteiger partial charge on any atom is -0.392 e. The topological polar surface area (TPSA) is 127 Å². The summed E-state index contributed by atoms with van der Waals surface area (Å²) in [4.78, 5) is 21.1. The maximum absolute atomic E-state index is 11.2. The number of aliphatic hydroxyl groups excluding tert-OH is 2. The van der Waals surface area contributed by atoms with Gasteiger partial charge in [0, 0.05) is 12.1 Å². The molecule has 114 valence electrons. The maximum atomic E-state index is 11.2. The summed E-state index contributed by atoms with van der Waals surface area (Å²) in [7, 11) is 0.